The summed E-state index contributed by atoms with van der Waals surface area (Å²) in [4.78, 5) is 17.8. The molecule has 1 aromatic heterocycles. The van der Waals surface area contributed by atoms with E-state index in [9.17, 15) is 4.79 Å². The fraction of sp³-hybridized carbons (Fsp3) is 0.346. The summed E-state index contributed by atoms with van der Waals surface area (Å²) in [5.74, 6) is 0.827. The third kappa shape index (κ3) is 6.00. The molecule has 3 rings (SSSR count). The number of hydrogen-bond donors (Lipinski definition) is 2. The van der Waals surface area contributed by atoms with Crippen molar-refractivity contribution >= 4 is 17.6 Å². The highest BCUT2D eigenvalue weighted by atomic mass is 16.5. The normalized spacial score (nSPS) is 11.4. The Labute approximate surface area is 195 Å². The van der Waals surface area contributed by atoms with Crippen LogP contribution in [0.5, 0.6) is 5.75 Å². The molecule has 174 valence electrons. The minimum absolute atomic E-state index is 0.223. The first kappa shape index (κ1) is 24.0. The summed E-state index contributed by atoms with van der Waals surface area (Å²) in [5, 5.41) is 10.8. The average Bonchev–Trinajstić information content (AvgIpc) is 3.05. The van der Waals surface area contributed by atoms with Crippen molar-refractivity contribution in [2.75, 3.05) is 11.9 Å². The number of nitrogens with zero attached hydrogens (tertiary/aromatic N) is 3. The minimum Gasteiger partial charge on any atom is -0.492 e. The fourth-order valence-electron chi connectivity index (χ4n) is 3.80. The van der Waals surface area contributed by atoms with Crippen LogP contribution in [0.2, 0.25) is 0 Å². The van der Waals surface area contributed by atoms with Crippen LogP contribution in [-0.2, 0) is 13.1 Å². The maximum Gasteiger partial charge on any atom is 0.257 e. The second-order valence-corrected chi connectivity index (χ2v) is 8.01. The highest BCUT2D eigenvalue weighted by Gasteiger charge is 2.14. The van der Waals surface area contributed by atoms with Gasteiger partial charge in [-0.05, 0) is 65.8 Å². The Hall–Kier alpha value is -3.61. The Morgan fingerprint density at radius 2 is 1.76 bits per heavy atom. The number of nitrogens with one attached hydrogen (secondary N) is 2. The van der Waals surface area contributed by atoms with Gasteiger partial charge in [-0.3, -0.25) is 14.8 Å². The molecule has 0 spiro atoms. The molecule has 2 N–H and O–H groups in total. The molecule has 33 heavy (non-hydrogen) atoms. The Bertz CT molecular complexity index is 1140. The number of benzene rings is 2. The molecular formula is C26H33N5O2. The van der Waals surface area contributed by atoms with E-state index < -0.39 is 0 Å². The number of carbonyl (C=O) groups excluding carboxylic acids is 1. The van der Waals surface area contributed by atoms with E-state index in [1.807, 2.05) is 81.8 Å². The number of rotatable bonds is 7. The molecule has 0 saturated heterocycles. The van der Waals surface area contributed by atoms with Gasteiger partial charge in [0.25, 0.3) is 5.91 Å². The lowest BCUT2D eigenvalue weighted by Crippen LogP contribution is -2.36. The highest BCUT2D eigenvalue weighted by molar-refractivity contribution is 6.10. The molecule has 0 atom stereocenters. The number of guanidine groups is 1. The van der Waals surface area contributed by atoms with Crippen LogP contribution in [0.1, 0.15) is 52.3 Å². The molecule has 1 heterocycles. The van der Waals surface area contributed by atoms with Crippen LogP contribution < -0.4 is 15.4 Å². The summed E-state index contributed by atoms with van der Waals surface area (Å²) in [7, 11) is 0. The van der Waals surface area contributed by atoms with Crippen molar-refractivity contribution in [2.24, 2.45) is 4.99 Å². The molecule has 2 aromatic carbocycles. The standard InChI is InChI=1S/C26H33N5O2/c1-7-31-20(6)22(19(5)30-31)16-27-26(28-23-11-9-10-12-24(23)33-8-2)29-25(32)21-14-17(3)13-18(4)15-21/h9-15H,7-8,16H2,1-6H3,(H2,27,28,29,32). The van der Waals surface area contributed by atoms with E-state index in [0.29, 0.717) is 30.4 Å². The summed E-state index contributed by atoms with van der Waals surface area (Å²) in [5.41, 5.74) is 6.46. The number of aliphatic imine (C=N–C) groups is 1. The zero-order valence-electron chi connectivity index (χ0n) is 20.3. The second-order valence-electron chi connectivity index (χ2n) is 8.01. The van der Waals surface area contributed by atoms with Crippen molar-refractivity contribution in [3.63, 3.8) is 0 Å². The lowest BCUT2D eigenvalue weighted by atomic mass is 10.1. The molecule has 0 bridgehead atoms. The van der Waals surface area contributed by atoms with Crippen LogP contribution in [0.3, 0.4) is 0 Å². The Balaban J connectivity index is 1.93. The lowest BCUT2D eigenvalue weighted by molar-refractivity contribution is 0.0976. The number of amides is 1. The van der Waals surface area contributed by atoms with Gasteiger partial charge in [-0.2, -0.15) is 5.10 Å². The summed E-state index contributed by atoms with van der Waals surface area (Å²) in [6, 6.07) is 13.4. The first-order valence-electron chi connectivity index (χ1n) is 11.3. The van der Waals surface area contributed by atoms with E-state index >= 15 is 0 Å². The van der Waals surface area contributed by atoms with Crippen LogP contribution in [0.25, 0.3) is 0 Å². The van der Waals surface area contributed by atoms with Crippen molar-refractivity contribution in [2.45, 2.75) is 54.6 Å². The van der Waals surface area contributed by atoms with Crippen LogP contribution in [0, 0.1) is 27.7 Å². The Kier molecular flexibility index (Phi) is 7.87. The largest absolute Gasteiger partial charge is 0.492 e. The monoisotopic (exact) mass is 447 g/mol. The van der Waals surface area contributed by atoms with Crippen LogP contribution in [-0.4, -0.2) is 28.3 Å². The van der Waals surface area contributed by atoms with Crippen molar-refractivity contribution < 1.29 is 9.53 Å². The molecule has 0 saturated carbocycles. The SMILES string of the molecule is CCOc1ccccc1NC(=NCc1c(C)nn(CC)c1C)NC(=O)c1cc(C)cc(C)c1. The third-order valence-corrected chi connectivity index (χ3v) is 5.38. The van der Waals surface area contributed by atoms with Gasteiger partial charge in [-0.15, -0.1) is 0 Å². The van der Waals surface area contributed by atoms with Crippen LogP contribution in [0.4, 0.5) is 5.69 Å². The van der Waals surface area contributed by atoms with Crippen molar-refractivity contribution in [1.82, 2.24) is 15.1 Å². The Morgan fingerprint density at radius 3 is 2.39 bits per heavy atom. The first-order chi connectivity index (χ1) is 15.8. The third-order valence-electron chi connectivity index (χ3n) is 5.38. The van der Waals surface area contributed by atoms with Gasteiger partial charge < -0.3 is 10.1 Å². The molecule has 0 fully saturated rings. The molecule has 0 aliphatic carbocycles. The number of ether oxygens (including phenoxy) is 1. The molecule has 0 aliphatic rings. The molecule has 0 aliphatic heterocycles. The summed E-state index contributed by atoms with van der Waals surface area (Å²) in [6.07, 6.45) is 0. The molecular weight excluding hydrogens is 414 g/mol. The average molecular weight is 448 g/mol. The number of hydrogen-bond acceptors (Lipinski definition) is 4. The predicted molar refractivity (Wildman–Crippen MR) is 133 cm³/mol. The lowest BCUT2D eigenvalue weighted by Gasteiger charge is -2.15. The van der Waals surface area contributed by atoms with E-state index in [-0.39, 0.29) is 5.91 Å². The van der Waals surface area contributed by atoms with E-state index in [4.69, 9.17) is 9.73 Å². The molecule has 3 aromatic rings. The molecule has 7 nitrogen and oxygen atoms in total. The molecule has 0 radical (unpaired) electrons. The molecule has 1 amide bonds. The summed E-state index contributed by atoms with van der Waals surface area (Å²) < 4.78 is 7.70. The number of para-hydroxylation sites is 2. The number of anilines is 1. The minimum atomic E-state index is -0.223. The topological polar surface area (TPSA) is 80.5 Å². The van der Waals surface area contributed by atoms with Gasteiger partial charge in [0.1, 0.15) is 5.75 Å². The maximum atomic E-state index is 13.1. The predicted octanol–water partition coefficient (Wildman–Crippen LogP) is 4.93. The van der Waals surface area contributed by atoms with E-state index in [1.54, 1.807) is 0 Å². The zero-order valence-corrected chi connectivity index (χ0v) is 20.3. The smallest absolute Gasteiger partial charge is 0.257 e. The molecule has 7 heteroatoms. The maximum absolute atomic E-state index is 13.1. The molecule has 0 unspecified atom stereocenters. The van der Waals surface area contributed by atoms with Gasteiger partial charge in [-0.1, -0.05) is 29.3 Å². The van der Waals surface area contributed by atoms with E-state index in [0.717, 1.165) is 40.3 Å². The number of carbonyl (C=O) groups is 1. The Morgan fingerprint density at radius 1 is 1.06 bits per heavy atom. The summed E-state index contributed by atoms with van der Waals surface area (Å²) in [6.45, 7) is 13.7. The van der Waals surface area contributed by atoms with Gasteiger partial charge in [0.05, 0.1) is 24.5 Å². The van der Waals surface area contributed by atoms with Crippen molar-refractivity contribution in [3.05, 3.63) is 76.1 Å². The van der Waals surface area contributed by atoms with E-state index in [1.165, 1.54) is 0 Å². The zero-order chi connectivity index (χ0) is 24.0. The van der Waals surface area contributed by atoms with E-state index in [2.05, 4.69) is 22.7 Å². The van der Waals surface area contributed by atoms with Crippen LogP contribution >= 0.6 is 0 Å². The van der Waals surface area contributed by atoms with Gasteiger partial charge in [0.15, 0.2) is 0 Å². The van der Waals surface area contributed by atoms with Gasteiger partial charge in [-0.25, -0.2) is 4.99 Å². The quantitative estimate of drug-likeness (QED) is 0.397. The van der Waals surface area contributed by atoms with Gasteiger partial charge >= 0.3 is 0 Å². The second kappa shape index (κ2) is 10.8. The van der Waals surface area contributed by atoms with Gasteiger partial charge in [0, 0.05) is 23.4 Å². The van der Waals surface area contributed by atoms with Crippen molar-refractivity contribution in [3.8, 4) is 5.75 Å². The van der Waals surface area contributed by atoms with Crippen molar-refractivity contribution in [1.29, 1.82) is 0 Å². The number of aryl methyl sites for hydroxylation is 4. The number of aromatic nitrogens is 2. The van der Waals surface area contributed by atoms with Gasteiger partial charge in [0.2, 0.25) is 5.96 Å². The summed E-state index contributed by atoms with van der Waals surface area (Å²) >= 11 is 0. The van der Waals surface area contributed by atoms with Crippen LogP contribution in [0.15, 0.2) is 47.5 Å². The highest BCUT2D eigenvalue weighted by Crippen LogP contribution is 2.24. The first-order valence-corrected chi connectivity index (χ1v) is 11.3. The fourth-order valence-corrected chi connectivity index (χ4v) is 3.80.